The highest BCUT2D eigenvalue weighted by Crippen LogP contribution is 2.16. The molecule has 37 heavy (non-hydrogen) atoms. The predicted molar refractivity (Wildman–Crippen MR) is 177 cm³/mol. The van der Waals surface area contributed by atoms with E-state index >= 15 is 0 Å². The van der Waals surface area contributed by atoms with Crippen LogP contribution >= 0.6 is 22.6 Å². The van der Waals surface area contributed by atoms with E-state index in [1.807, 2.05) is 0 Å². The Morgan fingerprint density at radius 2 is 0.784 bits per heavy atom. The van der Waals surface area contributed by atoms with Gasteiger partial charge in [-0.2, -0.15) is 0 Å². The molecule has 0 aliphatic heterocycles. The van der Waals surface area contributed by atoms with Gasteiger partial charge in [-0.1, -0.05) is 178 Å². The first-order valence-electron chi connectivity index (χ1n) is 16.0. The summed E-state index contributed by atoms with van der Waals surface area (Å²) < 4.78 is 1.43. The summed E-state index contributed by atoms with van der Waals surface area (Å²) in [6.07, 6.45) is 31.0. The van der Waals surface area contributed by atoms with Crippen LogP contribution in [0.4, 0.5) is 0 Å². The van der Waals surface area contributed by atoms with E-state index in [4.69, 9.17) is 0 Å². The van der Waals surface area contributed by atoms with Gasteiger partial charge in [0.25, 0.3) is 0 Å². The molecule has 0 bridgehead atoms. The largest absolute Gasteiger partial charge is 0.0654 e. The molecule has 2 aromatic rings. The Labute approximate surface area is 246 Å². The molecule has 0 fully saturated rings. The van der Waals surface area contributed by atoms with Crippen LogP contribution < -0.4 is 0 Å². The van der Waals surface area contributed by atoms with E-state index in [-0.39, 0.29) is 0 Å². The summed E-state index contributed by atoms with van der Waals surface area (Å²) in [5, 5.41) is 0. The maximum absolute atomic E-state index is 2.45. The summed E-state index contributed by atoms with van der Waals surface area (Å²) >= 11 is 2.45. The second-order valence-corrected chi connectivity index (χ2v) is 12.1. The Morgan fingerprint density at radius 3 is 1.24 bits per heavy atom. The number of aryl methyl sites for hydroxylation is 2. The SMILES string of the molecule is CCCCCCCCCCCCc1ccccc1.CCCCCCCCCCCCc1ccccc1I. The van der Waals surface area contributed by atoms with Gasteiger partial charge in [-0.15, -0.1) is 0 Å². The van der Waals surface area contributed by atoms with Gasteiger partial charge < -0.3 is 0 Å². The molecule has 2 aromatic carbocycles. The van der Waals surface area contributed by atoms with Crippen molar-refractivity contribution >= 4 is 22.6 Å². The Morgan fingerprint density at radius 1 is 0.405 bits per heavy atom. The van der Waals surface area contributed by atoms with Crippen LogP contribution in [0.5, 0.6) is 0 Å². The van der Waals surface area contributed by atoms with Gasteiger partial charge in [-0.25, -0.2) is 0 Å². The molecule has 0 aliphatic rings. The van der Waals surface area contributed by atoms with Crippen molar-refractivity contribution in [2.45, 2.75) is 155 Å². The van der Waals surface area contributed by atoms with Crippen molar-refractivity contribution in [3.05, 3.63) is 69.3 Å². The molecule has 0 saturated heterocycles. The fourth-order valence-corrected chi connectivity index (χ4v) is 5.62. The van der Waals surface area contributed by atoms with Gasteiger partial charge in [-0.3, -0.25) is 0 Å². The van der Waals surface area contributed by atoms with Crippen LogP contribution in [-0.4, -0.2) is 0 Å². The highest BCUT2D eigenvalue weighted by atomic mass is 127. The molecule has 2 rings (SSSR count). The minimum absolute atomic E-state index is 1.26. The first-order chi connectivity index (χ1) is 18.3. The summed E-state index contributed by atoms with van der Waals surface area (Å²) in [5.41, 5.74) is 3.03. The van der Waals surface area contributed by atoms with E-state index in [0.717, 1.165) is 0 Å². The van der Waals surface area contributed by atoms with Crippen molar-refractivity contribution in [1.82, 2.24) is 0 Å². The molecule has 0 nitrogen and oxygen atoms in total. The first-order valence-corrected chi connectivity index (χ1v) is 17.1. The summed E-state index contributed by atoms with van der Waals surface area (Å²) in [6.45, 7) is 4.57. The minimum Gasteiger partial charge on any atom is -0.0654 e. The first kappa shape index (κ1) is 34.2. The number of unbranched alkanes of at least 4 members (excludes halogenated alkanes) is 18. The van der Waals surface area contributed by atoms with Crippen molar-refractivity contribution in [2.24, 2.45) is 0 Å². The third kappa shape index (κ3) is 21.8. The van der Waals surface area contributed by atoms with Crippen molar-refractivity contribution in [2.75, 3.05) is 0 Å². The van der Waals surface area contributed by atoms with E-state index < -0.39 is 0 Å². The fourth-order valence-electron chi connectivity index (χ4n) is 4.97. The molecular formula is C36H59I. The van der Waals surface area contributed by atoms with E-state index in [9.17, 15) is 0 Å². The van der Waals surface area contributed by atoms with Gasteiger partial charge in [0, 0.05) is 3.57 Å². The quantitative estimate of drug-likeness (QED) is 0.0910. The average Bonchev–Trinajstić information content (AvgIpc) is 2.93. The van der Waals surface area contributed by atoms with Gasteiger partial charge in [-0.05, 0) is 65.5 Å². The maximum Gasteiger partial charge on any atom is 0.0162 e. The lowest BCUT2D eigenvalue weighted by Crippen LogP contribution is -1.89. The van der Waals surface area contributed by atoms with E-state index in [2.05, 4.69) is 91.0 Å². The maximum atomic E-state index is 2.45. The van der Waals surface area contributed by atoms with Crippen LogP contribution in [0.15, 0.2) is 54.6 Å². The summed E-state index contributed by atoms with van der Waals surface area (Å²) in [6, 6.07) is 19.7. The summed E-state index contributed by atoms with van der Waals surface area (Å²) in [7, 11) is 0. The summed E-state index contributed by atoms with van der Waals surface area (Å²) in [5.74, 6) is 0. The number of halogens is 1. The number of hydrogen-bond donors (Lipinski definition) is 0. The molecule has 0 amide bonds. The van der Waals surface area contributed by atoms with Gasteiger partial charge >= 0.3 is 0 Å². The molecule has 0 radical (unpaired) electrons. The van der Waals surface area contributed by atoms with Gasteiger partial charge in [0.2, 0.25) is 0 Å². The van der Waals surface area contributed by atoms with Crippen molar-refractivity contribution in [3.8, 4) is 0 Å². The van der Waals surface area contributed by atoms with E-state index in [0.29, 0.717) is 0 Å². The van der Waals surface area contributed by atoms with Gasteiger partial charge in [0.15, 0.2) is 0 Å². The average molecular weight is 619 g/mol. The summed E-state index contributed by atoms with van der Waals surface area (Å²) in [4.78, 5) is 0. The molecule has 0 heterocycles. The molecule has 0 N–H and O–H groups in total. The zero-order chi connectivity index (χ0) is 26.7. The molecule has 0 atom stereocenters. The molecule has 0 aliphatic carbocycles. The third-order valence-corrected chi connectivity index (χ3v) is 8.47. The third-order valence-electron chi connectivity index (χ3n) is 7.42. The number of hydrogen-bond acceptors (Lipinski definition) is 0. The Hall–Kier alpha value is -0.830. The highest BCUT2D eigenvalue weighted by Gasteiger charge is 1.98. The van der Waals surface area contributed by atoms with E-state index in [1.165, 1.54) is 156 Å². The van der Waals surface area contributed by atoms with Crippen LogP contribution in [0, 0.1) is 3.57 Å². The fraction of sp³-hybridized carbons (Fsp3) is 0.667. The Balaban J connectivity index is 0.000000371. The monoisotopic (exact) mass is 618 g/mol. The van der Waals surface area contributed by atoms with Gasteiger partial charge in [0.05, 0.1) is 0 Å². The number of benzene rings is 2. The minimum atomic E-state index is 1.26. The molecule has 0 aromatic heterocycles. The second-order valence-electron chi connectivity index (χ2n) is 10.9. The zero-order valence-electron chi connectivity index (χ0n) is 24.6. The predicted octanol–water partition coefficient (Wildman–Crippen LogP) is 12.9. The normalized spacial score (nSPS) is 10.8. The lowest BCUT2D eigenvalue weighted by molar-refractivity contribution is 0.556. The van der Waals surface area contributed by atoms with Crippen molar-refractivity contribution in [3.63, 3.8) is 0 Å². The van der Waals surface area contributed by atoms with Crippen LogP contribution in [0.1, 0.15) is 153 Å². The van der Waals surface area contributed by atoms with Crippen molar-refractivity contribution < 1.29 is 0 Å². The second kappa shape index (κ2) is 26.8. The molecule has 0 spiro atoms. The highest BCUT2D eigenvalue weighted by molar-refractivity contribution is 14.1. The van der Waals surface area contributed by atoms with Crippen molar-refractivity contribution in [1.29, 1.82) is 0 Å². The van der Waals surface area contributed by atoms with Crippen LogP contribution in [-0.2, 0) is 12.8 Å². The Kier molecular flexibility index (Phi) is 24.7. The lowest BCUT2D eigenvalue weighted by atomic mass is 10.0. The van der Waals surface area contributed by atoms with Crippen LogP contribution in [0.25, 0.3) is 0 Å². The van der Waals surface area contributed by atoms with E-state index in [1.54, 1.807) is 0 Å². The van der Waals surface area contributed by atoms with Crippen LogP contribution in [0.3, 0.4) is 0 Å². The molecule has 210 valence electrons. The lowest BCUT2D eigenvalue weighted by Gasteiger charge is -2.04. The van der Waals surface area contributed by atoms with Crippen LogP contribution in [0.2, 0.25) is 0 Å². The molecular weight excluding hydrogens is 559 g/mol. The zero-order valence-corrected chi connectivity index (χ0v) is 26.8. The molecule has 0 saturated carbocycles. The topological polar surface area (TPSA) is 0 Å². The van der Waals surface area contributed by atoms with Gasteiger partial charge in [0.1, 0.15) is 0 Å². The smallest absolute Gasteiger partial charge is 0.0162 e. The molecule has 0 unspecified atom stereocenters. The number of rotatable bonds is 22. The Bertz CT molecular complexity index is 708. The molecule has 1 heteroatoms. The standard InChI is InChI=1S/C18H29I.C18H30/c1-2-3-4-5-6-7-8-9-10-11-14-17-15-12-13-16-18(17)19;1-2-3-4-5-6-7-8-9-10-12-15-18-16-13-11-14-17-18/h12-13,15-16H,2-11,14H2,1H3;11,13-14,16-17H,2-10,12,15H2,1H3.